The topological polar surface area (TPSA) is 55.8 Å². The summed E-state index contributed by atoms with van der Waals surface area (Å²) in [5, 5.41) is 8.67. The average molecular weight is 381 g/mol. The molecule has 4 nitrogen and oxygen atoms in total. The molecule has 0 aliphatic heterocycles. The number of methoxy groups -OCH3 is 1. The maximum absolute atomic E-state index is 13.2. The van der Waals surface area contributed by atoms with Crippen LogP contribution in [0.15, 0.2) is 46.9 Å². The van der Waals surface area contributed by atoms with Gasteiger partial charge in [-0.2, -0.15) is 0 Å². The second-order valence-corrected chi connectivity index (χ2v) is 5.48. The average Bonchev–Trinajstić information content (AvgIpc) is 2.51. The van der Waals surface area contributed by atoms with Crippen molar-refractivity contribution in [1.29, 1.82) is 0 Å². The molecule has 23 heavy (non-hydrogen) atoms. The van der Waals surface area contributed by atoms with Crippen LogP contribution in [0.5, 0.6) is 11.5 Å². The van der Waals surface area contributed by atoms with E-state index in [0.29, 0.717) is 27.1 Å². The van der Waals surface area contributed by atoms with Crippen molar-refractivity contribution in [1.82, 2.24) is 0 Å². The van der Waals surface area contributed by atoms with Gasteiger partial charge >= 0.3 is 5.97 Å². The van der Waals surface area contributed by atoms with Crippen LogP contribution in [0.1, 0.15) is 11.1 Å². The molecule has 0 amide bonds. The number of rotatable bonds is 6. The molecule has 0 atom stereocenters. The highest BCUT2D eigenvalue weighted by Crippen LogP contribution is 2.37. The number of carboxylic acid groups (broad SMARTS) is 1. The maximum Gasteiger partial charge on any atom is 0.328 e. The molecule has 2 aromatic carbocycles. The normalized spacial score (nSPS) is 10.7. The van der Waals surface area contributed by atoms with Gasteiger partial charge in [0.2, 0.25) is 0 Å². The van der Waals surface area contributed by atoms with Crippen LogP contribution < -0.4 is 9.47 Å². The molecule has 0 unspecified atom stereocenters. The fourth-order valence-electron chi connectivity index (χ4n) is 1.93. The van der Waals surface area contributed by atoms with Crippen molar-refractivity contribution >= 4 is 28.0 Å². The Morgan fingerprint density at radius 1 is 1.35 bits per heavy atom. The summed E-state index contributed by atoms with van der Waals surface area (Å²) in [5.41, 5.74) is 1.34. The number of carboxylic acids is 1. The van der Waals surface area contributed by atoms with Crippen LogP contribution in [-0.2, 0) is 11.4 Å². The van der Waals surface area contributed by atoms with Gasteiger partial charge in [-0.15, -0.1) is 0 Å². The largest absolute Gasteiger partial charge is 0.493 e. The van der Waals surface area contributed by atoms with Crippen molar-refractivity contribution in [2.45, 2.75) is 6.61 Å². The van der Waals surface area contributed by atoms with E-state index in [9.17, 15) is 9.18 Å². The molecule has 0 aromatic heterocycles. The van der Waals surface area contributed by atoms with Crippen LogP contribution >= 0.6 is 15.9 Å². The lowest BCUT2D eigenvalue weighted by molar-refractivity contribution is -0.131. The summed E-state index contributed by atoms with van der Waals surface area (Å²) in [4.78, 5) is 10.6. The first-order valence-corrected chi connectivity index (χ1v) is 7.44. The van der Waals surface area contributed by atoms with Crippen molar-refractivity contribution in [3.05, 3.63) is 63.9 Å². The first-order chi connectivity index (χ1) is 11.0. The molecule has 0 heterocycles. The second kappa shape index (κ2) is 7.78. The Balaban J connectivity index is 2.22. The van der Waals surface area contributed by atoms with Crippen LogP contribution in [0.3, 0.4) is 0 Å². The summed E-state index contributed by atoms with van der Waals surface area (Å²) in [6.45, 7) is 0.178. The monoisotopic (exact) mass is 380 g/mol. The Morgan fingerprint density at radius 2 is 2.13 bits per heavy atom. The van der Waals surface area contributed by atoms with Gasteiger partial charge in [0, 0.05) is 6.08 Å². The molecule has 6 heteroatoms. The number of carbonyl (C=O) groups is 1. The zero-order chi connectivity index (χ0) is 16.8. The molecule has 0 saturated carbocycles. The fourth-order valence-corrected chi connectivity index (χ4v) is 2.50. The van der Waals surface area contributed by atoms with Crippen molar-refractivity contribution in [3.63, 3.8) is 0 Å². The van der Waals surface area contributed by atoms with Crippen LogP contribution in [0.2, 0.25) is 0 Å². The van der Waals surface area contributed by atoms with E-state index >= 15 is 0 Å². The SMILES string of the molecule is COc1cc(/C=C/C(=O)O)cc(Br)c1OCc1cccc(F)c1. The molecule has 1 N–H and O–H groups in total. The molecule has 0 spiro atoms. The van der Waals surface area contributed by atoms with E-state index in [4.69, 9.17) is 14.6 Å². The summed E-state index contributed by atoms with van der Waals surface area (Å²) in [6, 6.07) is 9.50. The summed E-state index contributed by atoms with van der Waals surface area (Å²) >= 11 is 3.37. The van der Waals surface area contributed by atoms with Gasteiger partial charge in [-0.25, -0.2) is 9.18 Å². The first-order valence-electron chi connectivity index (χ1n) is 6.65. The molecule has 0 bridgehead atoms. The predicted octanol–water partition coefficient (Wildman–Crippen LogP) is 4.27. The summed E-state index contributed by atoms with van der Waals surface area (Å²) < 4.78 is 24.8. The summed E-state index contributed by atoms with van der Waals surface area (Å²) in [7, 11) is 1.49. The van der Waals surface area contributed by atoms with Gasteiger partial charge in [0.1, 0.15) is 12.4 Å². The molecular weight excluding hydrogens is 367 g/mol. The quantitative estimate of drug-likeness (QED) is 0.760. The summed E-state index contributed by atoms with van der Waals surface area (Å²) in [5.74, 6) is -0.456. The van der Waals surface area contributed by atoms with E-state index in [1.54, 1.807) is 24.3 Å². The van der Waals surface area contributed by atoms with Crippen LogP contribution in [0, 0.1) is 5.82 Å². The Morgan fingerprint density at radius 3 is 2.78 bits per heavy atom. The third kappa shape index (κ3) is 4.82. The molecule has 0 saturated heterocycles. The molecule has 2 rings (SSSR count). The number of halogens is 2. The van der Waals surface area contributed by atoms with Crippen molar-refractivity contribution < 1.29 is 23.8 Å². The van der Waals surface area contributed by atoms with Crippen LogP contribution in [-0.4, -0.2) is 18.2 Å². The Kier molecular flexibility index (Phi) is 5.76. The number of hydrogen-bond acceptors (Lipinski definition) is 3. The Hall–Kier alpha value is -2.34. The van der Waals surface area contributed by atoms with Crippen molar-refractivity contribution in [2.75, 3.05) is 7.11 Å². The molecule has 0 aliphatic carbocycles. The third-order valence-corrected chi connectivity index (χ3v) is 3.53. The van der Waals surface area contributed by atoms with Gasteiger partial charge in [-0.1, -0.05) is 12.1 Å². The highest BCUT2D eigenvalue weighted by Gasteiger charge is 2.11. The lowest BCUT2D eigenvalue weighted by atomic mass is 10.2. The maximum atomic E-state index is 13.2. The lowest BCUT2D eigenvalue weighted by Gasteiger charge is -2.13. The number of benzene rings is 2. The van der Waals surface area contributed by atoms with Crippen LogP contribution in [0.4, 0.5) is 4.39 Å². The predicted molar refractivity (Wildman–Crippen MR) is 88.1 cm³/mol. The number of aliphatic carboxylic acids is 1. The van der Waals surface area contributed by atoms with Crippen molar-refractivity contribution in [3.8, 4) is 11.5 Å². The number of hydrogen-bond donors (Lipinski definition) is 1. The van der Waals surface area contributed by atoms with Gasteiger partial charge < -0.3 is 14.6 Å². The molecule has 0 fully saturated rings. The fraction of sp³-hybridized carbons (Fsp3) is 0.118. The first kappa shape index (κ1) is 17.0. The van der Waals surface area contributed by atoms with Crippen LogP contribution in [0.25, 0.3) is 6.08 Å². The van der Waals surface area contributed by atoms with E-state index in [-0.39, 0.29) is 12.4 Å². The van der Waals surface area contributed by atoms with Gasteiger partial charge in [-0.3, -0.25) is 0 Å². The van der Waals surface area contributed by atoms with E-state index in [1.165, 1.54) is 25.3 Å². The second-order valence-electron chi connectivity index (χ2n) is 4.62. The molecule has 0 radical (unpaired) electrons. The van der Waals surface area contributed by atoms with E-state index in [2.05, 4.69) is 15.9 Å². The molecule has 120 valence electrons. The van der Waals surface area contributed by atoms with E-state index < -0.39 is 5.97 Å². The zero-order valence-electron chi connectivity index (χ0n) is 12.3. The Labute approximate surface area is 141 Å². The number of ether oxygens (including phenoxy) is 2. The molecule has 0 aliphatic rings. The molecular formula is C17H14BrFO4. The minimum absolute atomic E-state index is 0.178. The van der Waals surface area contributed by atoms with Crippen molar-refractivity contribution in [2.24, 2.45) is 0 Å². The minimum Gasteiger partial charge on any atom is -0.493 e. The van der Waals surface area contributed by atoms with E-state index in [0.717, 1.165) is 6.08 Å². The van der Waals surface area contributed by atoms with Gasteiger partial charge in [0.25, 0.3) is 0 Å². The smallest absolute Gasteiger partial charge is 0.328 e. The third-order valence-electron chi connectivity index (χ3n) is 2.94. The highest BCUT2D eigenvalue weighted by molar-refractivity contribution is 9.10. The standard InChI is InChI=1S/C17H14BrFO4/c1-22-15-9-11(5-6-16(20)21)8-14(18)17(15)23-10-12-3-2-4-13(19)7-12/h2-9H,10H2,1H3,(H,20,21)/b6-5+. The van der Waals surface area contributed by atoms with E-state index in [1.807, 2.05) is 0 Å². The molecule has 2 aromatic rings. The van der Waals surface area contributed by atoms with Gasteiger partial charge in [-0.05, 0) is 57.4 Å². The zero-order valence-corrected chi connectivity index (χ0v) is 13.8. The van der Waals surface area contributed by atoms with Gasteiger partial charge in [0.05, 0.1) is 11.6 Å². The Bertz CT molecular complexity index is 743. The highest BCUT2D eigenvalue weighted by atomic mass is 79.9. The summed E-state index contributed by atoms with van der Waals surface area (Å²) in [6.07, 6.45) is 2.49. The lowest BCUT2D eigenvalue weighted by Crippen LogP contribution is -1.99. The minimum atomic E-state index is -1.04. The van der Waals surface area contributed by atoms with Gasteiger partial charge in [0.15, 0.2) is 11.5 Å².